The van der Waals surface area contributed by atoms with Gasteiger partial charge < -0.3 is 9.64 Å². The van der Waals surface area contributed by atoms with Gasteiger partial charge in [-0.3, -0.25) is 10.1 Å². The maximum absolute atomic E-state index is 12.8. The molecule has 0 aliphatic heterocycles. The highest BCUT2D eigenvalue weighted by atomic mass is 32.2. The van der Waals surface area contributed by atoms with Gasteiger partial charge in [-0.25, -0.2) is 4.79 Å². The van der Waals surface area contributed by atoms with Crippen molar-refractivity contribution in [1.82, 2.24) is 4.90 Å². The van der Waals surface area contributed by atoms with E-state index in [1.165, 1.54) is 17.0 Å². The van der Waals surface area contributed by atoms with Crippen LogP contribution < -0.4 is 0 Å². The molecule has 27 heavy (non-hydrogen) atoms. The zero-order chi connectivity index (χ0) is 20.2. The first kappa shape index (κ1) is 20.0. The highest BCUT2D eigenvalue weighted by Crippen LogP contribution is 2.38. The zero-order valence-corrected chi connectivity index (χ0v) is 15.6. The van der Waals surface area contributed by atoms with Gasteiger partial charge in [-0.2, -0.15) is 8.42 Å². The van der Waals surface area contributed by atoms with E-state index in [2.05, 4.69) is 9.13 Å². The summed E-state index contributed by atoms with van der Waals surface area (Å²) in [6, 6.07) is 10.0. The molecular weight excluding hydrogens is 374 g/mol. The molecule has 9 nitrogen and oxygen atoms in total. The first-order chi connectivity index (χ1) is 12.7. The van der Waals surface area contributed by atoms with Gasteiger partial charge >= 0.3 is 5.97 Å². The molecule has 0 spiro atoms. The smallest absolute Gasteiger partial charge is 0.338 e. The van der Waals surface area contributed by atoms with Crippen molar-refractivity contribution in [2.45, 2.75) is 4.90 Å². The van der Waals surface area contributed by atoms with Crippen LogP contribution in [0.2, 0.25) is 0 Å². The van der Waals surface area contributed by atoms with Gasteiger partial charge in [-0.15, -0.1) is 4.40 Å². The number of sulfonamides is 1. The van der Waals surface area contributed by atoms with Crippen molar-refractivity contribution in [3.8, 4) is 11.1 Å². The van der Waals surface area contributed by atoms with E-state index in [9.17, 15) is 23.3 Å². The van der Waals surface area contributed by atoms with Crippen LogP contribution >= 0.6 is 0 Å². The monoisotopic (exact) mass is 391 g/mol. The van der Waals surface area contributed by atoms with E-state index in [0.29, 0.717) is 5.56 Å². The van der Waals surface area contributed by atoms with Crippen LogP contribution in [0.3, 0.4) is 0 Å². The number of hydrogen-bond acceptors (Lipinski definition) is 6. The Morgan fingerprint density at radius 3 is 2.37 bits per heavy atom. The van der Waals surface area contributed by atoms with E-state index in [1.807, 2.05) is 0 Å². The molecule has 0 saturated carbocycles. The molecule has 2 aromatic rings. The molecule has 10 heteroatoms. The van der Waals surface area contributed by atoms with Gasteiger partial charge in [-0.05, 0) is 11.6 Å². The molecule has 2 rings (SSSR count). The number of carbonyl (C=O) groups excluding carboxylic acids is 1. The van der Waals surface area contributed by atoms with Crippen LogP contribution in [-0.4, -0.2) is 51.8 Å². The van der Waals surface area contributed by atoms with Crippen molar-refractivity contribution in [1.29, 1.82) is 0 Å². The maximum Gasteiger partial charge on any atom is 0.338 e. The summed E-state index contributed by atoms with van der Waals surface area (Å²) >= 11 is 0. The quantitative estimate of drug-likeness (QED) is 0.244. The van der Waals surface area contributed by atoms with Crippen molar-refractivity contribution in [3.05, 3.63) is 58.1 Å². The molecule has 0 unspecified atom stereocenters. The first-order valence-corrected chi connectivity index (χ1v) is 9.04. The third kappa shape index (κ3) is 4.47. The standard InChI is InChI=1S/C17H17N3O6S/c1-19(2)11-18-27(24,25)15-10-13(17(21)26-3)9-14(20(22)23)16(15)12-7-5-4-6-8-12/h4-11H,1-3H3/b18-11+. The van der Waals surface area contributed by atoms with Gasteiger partial charge in [0.2, 0.25) is 0 Å². The fourth-order valence-electron chi connectivity index (χ4n) is 2.29. The van der Waals surface area contributed by atoms with E-state index in [1.54, 1.807) is 32.3 Å². The summed E-state index contributed by atoms with van der Waals surface area (Å²) in [7, 11) is -0.0962. The molecule has 2 aromatic carbocycles. The number of nitro benzene ring substituents is 1. The Morgan fingerprint density at radius 1 is 1.22 bits per heavy atom. The summed E-state index contributed by atoms with van der Waals surface area (Å²) in [4.78, 5) is 23.7. The first-order valence-electron chi connectivity index (χ1n) is 7.60. The molecule has 0 aromatic heterocycles. The largest absolute Gasteiger partial charge is 0.465 e. The molecule has 0 bridgehead atoms. The lowest BCUT2D eigenvalue weighted by Crippen LogP contribution is -2.12. The molecule has 0 fully saturated rings. The lowest BCUT2D eigenvalue weighted by atomic mass is 10.0. The molecule has 0 aliphatic carbocycles. The maximum atomic E-state index is 12.8. The number of hydrogen-bond donors (Lipinski definition) is 0. The summed E-state index contributed by atoms with van der Waals surface area (Å²) in [6.45, 7) is 0. The predicted molar refractivity (Wildman–Crippen MR) is 99.2 cm³/mol. The van der Waals surface area contributed by atoms with E-state index in [0.717, 1.165) is 25.6 Å². The molecule has 0 radical (unpaired) electrons. The van der Waals surface area contributed by atoms with Crippen LogP contribution in [0.25, 0.3) is 11.1 Å². The fourth-order valence-corrected chi connectivity index (χ4v) is 3.47. The van der Waals surface area contributed by atoms with E-state index < -0.39 is 31.5 Å². The summed E-state index contributed by atoms with van der Waals surface area (Å²) in [5, 5.41) is 11.6. The summed E-state index contributed by atoms with van der Waals surface area (Å²) < 4.78 is 33.7. The number of ether oxygens (including phenoxy) is 1. The Kier molecular flexibility index (Phi) is 5.91. The topological polar surface area (TPSA) is 119 Å². The van der Waals surface area contributed by atoms with Gasteiger partial charge in [0.05, 0.1) is 23.2 Å². The van der Waals surface area contributed by atoms with Crippen molar-refractivity contribution in [2.75, 3.05) is 21.2 Å². The summed E-state index contributed by atoms with van der Waals surface area (Å²) in [5.74, 6) is -0.897. The van der Waals surface area contributed by atoms with Crippen molar-refractivity contribution >= 4 is 28.0 Å². The molecule has 0 aliphatic rings. The number of rotatable bonds is 6. The Hall–Kier alpha value is -3.27. The number of carbonyl (C=O) groups is 1. The van der Waals surface area contributed by atoms with Gasteiger partial charge in [0.1, 0.15) is 11.2 Å². The van der Waals surface area contributed by atoms with Crippen LogP contribution in [0.5, 0.6) is 0 Å². The number of nitrogens with zero attached hydrogens (tertiary/aromatic N) is 3. The van der Waals surface area contributed by atoms with E-state index in [4.69, 9.17) is 0 Å². The van der Waals surface area contributed by atoms with Crippen molar-refractivity contribution < 1.29 is 22.9 Å². The van der Waals surface area contributed by atoms with E-state index in [-0.39, 0.29) is 11.1 Å². The van der Waals surface area contributed by atoms with Crippen molar-refractivity contribution in [2.24, 2.45) is 4.40 Å². The number of nitro groups is 1. The van der Waals surface area contributed by atoms with E-state index >= 15 is 0 Å². The SMILES string of the molecule is COC(=O)c1cc([N+](=O)[O-])c(-c2ccccc2)c(S(=O)(=O)/N=C/N(C)C)c1. The molecule has 0 atom stereocenters. The summed E-state index contributed by atoms with van der Waals surface area (Å²) in [5.41, 5.74) is -0.645. The second kappa shape index (κ2) is 7.96. The Labute approximate surface area is 156 Å². The molecule has 0 saturated heterocycles. The second-order valence-corrected chi connectivity index (χ2v) is 7.24. The Morgan fingerprint density at radius 2 is 1.85 bits per heavy atom. The highest BCUT2D eigenvalue weighted by Gasteiger charge is 2.29. The van der Waals surface area contributed by atoms with Gasteiger partial charge in [0, 0.05) is 20.2 Å². The van der Waals surface area contributed by atoms with Crippen LogP contribution in [0, 0.1) is 10.1 Å². The van der Waals surface area contributed by atoms with Gasteiger partial charge in [0.15, 0.2) is 0 Å². The minimum absolute atomic E-state index is 0.149. The summed E-state index contributed by atoms with van der Waals surface area (Å²) in [6.07, 6.45) is 1.06. The third-order valence-electron chi connectivity index (χ3n) is 3.46. The molecular formula is C17H17N3O6S. The lowest BCUT2D eigenvalue weighted by molar-refractivity contribution is -0.384. The van der Waals surface area contributed by atoms with Crippen molar-refractivity contribution in [3.63, 3.8) is 0 Å². The average molecular weight is 391 g/mol. The molecule has 142 valence electrons. The fraction of sp³-hybridized carbons (Fsp3) is 0.176. The predicted octanol–water partition coefficient (Wildman–Crippen LogP) is 2.33. The minimum Gasteiger partial charge on any atom is -0.465 e. The lowest BCUT2D eigenvalue weighted by Gasteiger charge is -2.11. The number of methoxy groups -OCH3 is 1. The van der Waals surface area contributed by atoms with Crippen LogP contribution in [-0.2, 0) is 14.8 Å². The molecule has 0 heterocycles. The Bertz CT molecular complexity index is 1000. The van der Waals surface area contributed by atoms with Gasteiger partial charge in [-0.1, -0.05) is 30.3 Å². The number of benzene rings is 2. The number of esters is 1. The molecule has 0 N–H and O–H groups in total. The highest BCUT2D eigenvalue weighted by molar-refractivity contribution is 7.90. The Balaban J connectivity index is 2.92. The molecule has 0 amide bonds. The van der Waals surface area contributed by atoms with Crippen LogP contribution in [0.1, 0.15) is 10.4 Å². The minimum atomic E-state index is -4.34. The zero-order valence-electron chi connectivity index (χ0n) is 14.8. The van der Waals surface area contributed by atoms with Crippen LogP contribution in [0.15, 0.2) is 51.8 Å². The third-order valence-corrected chi connectivity index (χ3v) is 4.71. The normalized spacial score (nSPS) is 11.4. The van der Waals surface area contributed by atoms with Crippen LogP contribution in [0.4, 0.5) is 5.69 Å². The second-order valence-electron chi connectivity index (χ2n) is 5.64. The average Bonchev–Trinajstić information content (AvgIpc) is 2.65. The van der Waals surface area contributed by atoms with Gasteiger partial charge in [0.25, 0.3) is 15.7 Å².